The number of hydrogen-bond acceptors (Lipinski definition) is 1. The van der Waals surface area contributed by atoms with E-state index < -0.39 is 0 Å². The SMILES string of the molecule is CNC(c1ccc(Br)c(Cl)c1)c1cc(Br)c(C)cc1Br. The minimum absolute atomic E-state index is 0.0758. The van der Waals surface area contributed by atoms with Gasteiger partial charge in [0.2, 0.25) is 0 Å². The second-order valence-electron chi connectivity index (χ2n) is 4.52. The van der Waals surface area contributed by atoms with Crippen molar-refractivity contribution in [1.82, 2.24) is 5.32 Å². The van der Waals surface area contributed by atoms with E-state index >= 15 is 0 Å². The van der Waals surface area contributed by atoms with Crippen LogP contribution in [0.2, 0.25) is 5.02 Å². The van der Waals surface area contributed by atoms with Crippen LogP contribution >= 0.6 is 59.4 Å². The topological polar surface area (TPSA) is 12.0 Å². The molecule has 2 aromatic rings. The lowest BCUT2D eigenvalue weighted by atomic mass is 9.98. The third-order valence-electron chi connectivity index (χ3n) is 3.15. The molecule has 0 amide bonds. The Hall–Kier alpha value is 0.130. The third-order valence-corrected chi connectivity index (χ3v) is 5.93. The summed E-state index contributed by atoms with van der Waals surface area (Å²) in [5, 5.41) is 4.06. The zero-order valence-corrected chi connectivity index (χ0v) is 16.5. The van der Waals surface area contributed by atoms with Crippen molar-refractivity contribution in [2.75, 3.05) is 7.05 Å². The van der Waals surface area contributed by atoms with Gasteiger partial charge in [-0.3, -0.25) is 0 Å². The molecule has 0 saturated heterocycles. The van der Waals surface area contributed by atoms with E-state index in [2.05, 4.69) is 78.2 Å². The maximum Gasteiger partial charge on any atom is 0.0586 e. The number of halogens is 4. The average Bonchev–Trinajstić information content (AvgIpc) is 2.40. The molecule has 0 bridgehead atoms. The molecule has 1 unspecified atom stereocenters. The maximum atomic E-state index is 6.20. The van der Waals surface area contributed by atoms with Crippen LogP contribution < -0.4 is 5.32 Å². The zero-order chi connectivity index (χ0) is 14.9. The van der Waals surface area contributed by atoms with Crippen LogP contribution in [0.4, 0.5) is 0 Å². The summed E-state index contributed by atoms with van der Waals surface area (Å²) in [6, 6.07) is 10.3. The van der Waals surface area contributed by atoms with Crippen molar-refractivity contribution in [1.29, 1.82) is 0 Å². The molecule has 2 rings (SSSR count). The standard InChI is InChI=1S/C15H13Br3ClN/c1-8-5-13(18)10(7-12(8)17)15(20-2)9-3-4-11(16)14(19)6-9/h3-7,15,20H,1-2H3. The molecule has 0 aliphatic rings. The van der Waals surface area contributed by atoms with Crippen LogP contribution in [-0.2, 0) is 0 Å². The van der Waals surface area contributed by atoms with Crippen LogP contribution in [0.5, 0.6) is 0 Å². The van der Waals surface area contributed by atoms with Crippen LogP contribution in [0.3, 0.4) is 0 Å². The first-order valence-corrected chi connectivity index (χ1v) is 8.77. The van der Waals surface area contributed by atoms with Crippen LogP contribution in [0, 0.1) is 6.92 Å². The zero-order valence-electron chi connectivity index (χ0n) is 11.0. The van der Waals surface area contributed by atoms with Crippen molar-refractivity contribution in [3.63, 3.8) is 0 Å². The number of nitrogens with one attached hydrogen (secondary N) is 1. The second kappa shape index (κ2) is 6.93. The van der Waals surface area contributed by atoms with Crippen LogP contribution in [0.25, 0.3) is 0 Å². The minimum Gasteiger partial charge on any atom is -0.309 e. The molecule has 5 heteroatoms. The molecule has 0 spiro atoms. The Bertz CT molecular complexity index is 643. The first kappa shape index (κ1) is 16.5. The van der Waals surface area contributed by atoms with Crippen molar-refractivity contribution in [2.24, 2.45) is 0 Å². The molecular formula is C15H13Br3ClN. The Kier molecular flexibility index (Phi) is 5.71. The van der Waals surface area contributed by atoms with Crippen molar-refractivity contribution in [2.45, 2.75) is 13.0 Å². The average molecular weight is 482 g/mol. The lowest BCUT2D eigenvalue weighted by molar-refractivity contribution is 0.688. The quantitative estimate of drug-likeness (QED) is 0.546. The molecule has 0 aliphatic heterocycles. The molecule has 1 atom stereocenters. The number of rotatable bonds is 3. The van der Waals surface area contributed by atoms with Gasteiger partial charge >= 0.3 is 0 Å². The summed E-state index contributed by atoms with van der Waals surface area (Å²) in [6.45, 7) is 2.07. The monoisotopic (exact) mass is 479 g/mol. The van der Waals surface area contributed by atoms with E-state index in [4.69, 9.17) is 11.6 Å². The summed E-state index contributed by atoms with van der Waals surface area (Å²) >= 11 is 16.9. The van der Waals surface area contributed by atoms with Gasteiger partial charge in [-0.25, -0.2) is 0 Å². The molecule has 0 fully saturated rings. The number of hydrogen-bond donors (Lipinski definition) is 1. The highest BCUT2D eigenvalue weighted by molar-refractivity contribution is 9.11. The summed E-state index contributed by atoms with van der Waals surface area (Å²) < 4.78 is 3.08. The van der Waals surface area contributed by atoms with Crippen LogP contribution in [-0.4, -0.2) is 7.05 Å². The molecule has 0 heterocycles. The highest BCUT2D eigenvalue weighted by atomic mass is 79.9. The van der Waals surface area contributed by atoms with Gasteiger partial charge in [0.1, 0.15) is 0 Å². The van der Waals surface area contributed by atoms with Crippen molar-refractivity contribution >= 4 is 59.4 Å². The fraction of sp³-hybridized carbons (Fsp3) is 0.200. The Labute approximate surface area is 149 Å². The van der Waals surface area contributed by atoms with Crippen LogP contribution in [0.15, 0.2) is 43.7 Å². The number of benzene rings is 2. The molecular weight excluding hydrogens is 469 g/mol. The molecule has 0 saturated carbocycles. The van der Waals surface area contributed by atoms with Gasteiger partial charge in [0, 0.05) is 13.4 Å². The first-order chi connectivity index (χ1) is 9.43. The van der Waals surface area contributed by atoms with Gasteiger partial charge in [-0.1, -0.05) is 49.5 Å². The predicted molar refractivity (Wildman–Crippen MR) is 96.6 cm³/mol. The van der Waals surface area contributed by atoms with Crippen LogP contribution in [0.1, 0.15) is 22.7 Å². The molecule has 0 radical (unpaired) electrons. The molecule has 1 nitrogen and oxygen atoms in total. The summed E-state index contributed by atoms with van der Waals surface area (Å²) in [7, 11) is 1.95. The smallest absolute Gasteiger partial charge is 0.0586 e. The van der Waals surface area contributed by atoms with Gasteiger partial charge in [0.25, 0.3) is 0 Å². The lowest BCUT2D eigenvalue weighted by Crippen LogP contribution is -2.18. The highest BCUT2D eigenvalue weighted by Gasteiger charge is 2.17. The van der Waals surface area contributed by atoms with Gasteiger partial charge in [0.05, 0.1) is 11.1 Å². The Morgan fingerprint density at radius 3 is 2.30 bits per heavy atom. The van der Waals surface area contributed by atoms with Gasteiger partial charge in [-0.2, -0.15) is 0 Å². The minimum atomic E-state index is 0.0758. The van der Waals surface area contributed by atoms with Gasteiger partial charge in [0.15, 0.2) is 0 Å². The fourth-order valence-electron chi connectivity index (χ4n) is 2.08. The summed E-state index contributed by atoms with van der Waals surface area (Å²) in [5.74, 6) is 0. The summed E-state index contributed by atoms with van der Waals surface area (Å²) in [5.41, 5.74) is 3.49. The molecule has 0 aromatic heterocycles. The summed E-state index contributed by atoms with van der Waals surface area (Å²) in [6.07, 6.45) is 0. The van der Waals surface area contributed by atoms with E-state index in [-0.39, 0.29) is 6.04 Å². The van der Waals surface area contributed by atoms with Crippen molar-refractivity contribution in [3.05, 3.63) is 65.5 Å². The van der Waals surface area contributed by atoms with Crippen molar-refractivity contribution < 1.29 is 0 Å². The Balaban J connectivity index is 2.52. The fourth-order valence-corrected chi connectivity index (χ4v) is 3.56. The van der Waals surface area contributed by atoms with E-state index in [1.165, 1.54) is 11.1 Å². The highest BCUT2D eigenvalue weighted by Crippen LogP contribution is 2.34. The van der Waals surface area contributed by atoms with E-state index in [0.717, 1.165) is 19.0 Å². The normalized spacial score (nSPS) is 12.5. The Morgan fingerprint density at radius 2 is 1.70 bits per heavy atom. The molecule has 2 aromatic carbocycles. The molecule has 106 valence electrons. The van der Waals surface area contributed by atoms with Gasteiger partial charge < -0.3 is 5.32 Å². The van der Waals surface area contributed by atoms with E-state index in [1.807, 2.05) is 19.2 Å². The molecule has 0 aliphatic carbocycles. The Morgan fingerprint density at radius 1 is 1.00 bits per heavy atom. The summed E-state index contributed by atoms with van der Waals surface area (Å²) in [4.78, 5) is 0. The van der Waals surface area contributed by atoms with E-state index in [1.54, 1.807) is 0 Å². The molecule has 1 N–H and O–H groups in total. The number of aryl methyl sites for hydroxylation is 1. The van der Waals surface area contributed by atoms with Gasteiger partial charge in [-0.15, -0.1) is 0 Å². The van der Waals surface area contributed by atoms with Gasteiger partial charge in [-0.05, 0) is 70.9 Å². The second-order valence-corrected chi connectivity index (χ2v) is 7.49. The first-order valence-electron chi connectivity index (χ1n) is 6.01. The molecule has 20 heavy (non-hydrogen) atoms. The maximum absolute atomic E-state index is 6.20. The van der Waals surface area contributed by atoms with Crippen molar-refractivity contribution in [3.8, 4) is 0 Å². The third kappa shape index (κ3) is 3.47. The predicted octanol–water partition coefficient (Wildman–Crippen LogP) is 6.24. The largest absolute Gasteiger partial charge is 0.309 e. The lowest BCUT2D eigenvalue weighted by Gasteiger charge is -2.20. The van der Waals surface area contributed by atoms with E-state index in [0.29, 0.717) is 5.02 Å². The van der Waals surface area contributed by atoms with E-state index in [9.17, 15) is 0 Å².